The van der Waals surface area contributed by atoms with Crippen LogP contribution in [-0.2, 0) is 16.0 Å². The van der Waals surface area contributed by atoms with Crippen molar-refractivity contribution >= 4 is 22.6 Å². The van der Waals surface area contributed by atoms with Gasteiger partial charge in [0.05, 0.1) is 24.9 Å². The summed E-state index contributed by atoms with van der Waals surface area (Å²) in [4.78, 5) is 22.5. The van der Waals surface area contributed by atoms with E-state index in [2.05, 4.69) is 4.98 Å². The molecule has 0 amide bonds. The first-order chi connectivity index (χ1) is 8.65. The first-order valence-electron chi connectivity index (χ1n) is 5.61. The monoisotopic (exact) mass is 274 g/mol. The van der Waals surface area contributed by atoms with E-state index >= 15 is 0 Å². The predicted octanol–water partition coefficient (Wildman–Crippen LogP) is 1.03. The minimum Gasteiger partial charge on any atom is -0.394 e. The summed E-state index contributed by atoms with van der Waals surface area (Å²) in [6, 6.07) is -0.101. The van der Waals surface area contributed by atoms with Gasteiger partial charge in [-0.2, -0.15) is 9.59 Å². The van der Waals surface area contributed by atoms with Gasteiger partial charge in [0.2, 0.25) is 0 Å². The Bertz CT molecular complexity index is 407. The van der Waals surface area contributed by atoms with Crippen LogP contribution in [0.25, 0.3) is 0 Å². The summed E-state index contributed by atoms with van der Waals surface area (Å²) >= 11 is 1.53. The quantitative estimate of drug-likeness (QED) is 0.891. The number of alkyl halides is 1. The molecule has 2 heterocycles. The van der Waals surface area contributed by atoms with E-state index in [-0.39, 0.29) is 18.8 Å². The molecule has 0 bridgehead atoms. The fourth-order valence-corrected chi connectivity index (χ4v) is 2.85. The number of hydrogen-bond acceptors (Lipinski definition) is 6. The van der Waals surface area contributed by atoms with Crippen LogP contribution in [0.3, 0.4) is 0 Å². The average Bonchev–Trinajstić information content (AvgIpc) is 2.95. The molecule has 18 heavy (non-hydrogen) atoms. The summed E-state index contributed by atoms with van der Waals surface area (Å²) in [5.41, 5.74) is 1.04. The summed E-state index contributed by atoms with van der Waals surface area (Å²) in [6.07, 6.45) is 0.723. The van der Waals surface area contributed by atoms with Gasteiger partial charge < -0.3 is 10.0 Å². The number of anilines is 1. The molecule has 0 saturated carbocycles. The van der Waals surface area contributed by atoms with E-state index in [0.29, 0.717) is 13.0 Å². The number of nitrogens with zero attached hydrogens (tertiary/aromatic N) is 2. The second-order valence-electron chi connectivity index (χ2n) is 3.88. The van der Waals surface area contributed by atoms with Crippen LogP contribution in [0.1, 0.15) is 19.0 Å². The van der Waals surface area contributed by atoms with Crippen LogP contribution in [0.5, 0.6) is 0 Å². The van der Waals surface area contributed by atoms with E-state index in [1.165, 1.54) is 11.3 Å². The second-order valence-corrected chi connectivity index (χ2v) is 4.72. The van der Waals surface area contributed by atoms with Gasteiger partial charge in [0.15, 0.2) is 5.13 Å². The van der Waals surface area contributed by atoms with Gasteiger partial charge in [-0.25, -0.2) is 9.37 Å². The number of aliphatic hydroxyl groups is 1. The summed E-state index contributed by atoms with van der Waals surface area (Å²) in [6.45, 7) is 2.41. The van der Waals surface area contributed by atoms with Gasteiger partial charge in [-0.15, -0.1) is 11.3 Å². The van der Waals surface area contributed by atoms with Gasteiger partial charge >= 0.3 is 6.15 Å². The van der Waals surface area contributed by atoms with Gasteiger partial charge in [0.1, 0.15) is 6.17 Å². The van der Waals surface area contributed by atoms with Crippen molar-refractivity contribution in [3.05, 3.63) is 11.1 Å². The molecule has 5 nitrogen and oxygen atoms in total. The molecule has 1 fully saturated rings. The lowest BCUT2D eigenvalue weighted by Crippen LogP contribution is -2.32. The molecule has 1 aromatic heterocycles. The van der Waals surface area contributed by atoms with E-state index < -0.39 is 6.17 Å². The lowest BCUT2D eigenvalue weighted by atomic mass is 10.2. The molecule has 0 unspecified atom stereocenters. The Morgan fingerprint density at radius 3 is 2.83 bits per heavy atom. The molecule has 1 aliphatic rings. The van der Waals surface area contributed by atoms with Crippen molar-refractivity contribution in [1.82, 2.24) is 4.98 Å². The van der Waals surface area contributed by atoms with Crippen LogP contribution in [0.2, 0.25) is 0 Å². The minimum atomic E-state index is -0.837. The van der Waals surface area contributed by atoms with Gasteiger partial charge in [0.25, 0.3) is 0 Å². The van der Waals surface area contributed by atoms with Crippen LogP contribution in [0.15, 0.2) is 5.38 Å². The molecule has 2 rings (SSSR count). The van der Waals surface area contributed by atoms with Crippen molar-refractivity contribution in [1.29, 1.82) is 0 Å². The average molecular weight is 274 g/mol. The van der Waals surface area contributed by atoms with Crippen LogP contribution >= 0.6 is 11.3 Å². The fourth-order valence-electron chi connectivity index (χ4n) is 1.86. The molecule has 1 saturated heterocycles. The number of thiazole rings is 1. The third-order valence-corrected chi connectivity index (χ3v) is 3.65. The Kier molecular flexibility index (Phi) is 5.91. The third kappa shape index (κ3) is 3.60. The number of aryl methyl sites for hydroxylation is 1. The summed E-state index contributed by atoms with van der Waals surface area (Å²) in [5, 5.41) is 12.0. The molecule has 7 heteroatoms. The lowest BCUT2D eigenvalue weighted by molar-refractivity contribution is -0.191. The summed E-state index contributed by atoms with van der Waals surface area (Å²) < 4.78 is 13.2. The zero-order chi connectivity index (χ0) is 13.5. The normalized spacial score (nSPS) is 22.3. The van der Waals surface area contributed by atoms with Crippen molar-refractivity contribution in [3.8, 4) is 0 Å². The maximum atomic E-state index is 13.2. The van der Waals surface area contributed by atoms with E-state index in [1.54, 1.807) is 0 Å². The van der Waals surface area contributed by atoms with Crippen molar-refractivity contribution < 1.29 is 19.1 Å². The van der Waals surface area contributed by atoms with Gasteiger partial charge in [-0.05, 0) is 6.42 Å². The van der Waals surface area contributed by atoms with Crippen LogP contribution in [0, 0.1) is 0 Å². The topological polar surface area (TPSA) is 70.5 Å². The Morgan fingerprint density at radius 2 is 2.33 bits per heavy atom. The first-order valence-corrected chi connectivity index (χ1v) is 6.49. The van der Waals surface area contributed by atoms with E-state index in [9.17, 15) is 4.39 Å². The molecule has 0 aliphatic carbocycles. The van der Waals surface area contributed by atoms with E-state index in [0.717, 1.165) is 17.2 Å². The number of aliphatic hydroxyl groups excluding tert-OH is 1. The second kappa shape index (κ2) is 7.20. The maximum Gasteiger partial charge on any atom is 0.373 e. The van der Waals surface area contributed by atoms with Gasteiger partial charge in [-0.1, -0.05) is 6.92 Å². The number of carbonyl (C=O) groups excluding carboxylic acids is 2. The van der Waals surface area contributed by atoms with Crippen molar-refractivity contribution in [2.45, 2.75) is 32.0 Å². The molecule has 0 aromatic carbocycles. The van der Waals surface area contributed by atoms with Crippen molar-refractivity contribution in [3.63, 3.8) is 0 Å². The molecule has 1 N–H and O–H groups in total. The van der Waals surface area contributed by atoms with Crippen LogP contribution in [-0.4, -0.2) is 41.6 Å². The summed E-state index contributed by atoms with van der Waals surface area (Å²) in [5.74, 6) is 0. The Hall–Kier alpha value is -1.30. The highest BCUT2D eigenvalue weighted by Gasteiger charge is 2.33. The van der Waals surface area contributed by atoms with Crippen molar-refractivity contribution in [2.24, 2.45) is 0 Å². The summed E-state index contributed by atoms with van der Waals surface area (Å²) in [7, 11) is 0. The van der Waals surface area contributed by atoms with E-state index in [1.807, 2.05) is 17.2 Å². The zero-order valence-electron chi connectivity index (χ0n) is 10.0. The number of rotatable bonds is 3. The highest BCUT2D eigenvalue weighted by atomic mass is 32.1. The maximum absolute atomic E-state index is 13.2. The lowest BCUT2D eigenvalue weighted by Gasteiger charge is -2.21. The smallest absolute Gasteiger partial charge is 0.373 e. The molecule has 0 radical (unpaired) electrons. The van der Waals surface area contributed by atoms with Crippen molar-refractivity contribution in [2.75, 3.05) is 18.1 Å². The van der Waals surface area contributed by atoms with Gasteiger partial charge in [0, 0.05) is 11.8 Å². The number of hydrogen-bond donors (Lipinski definition) is 1. The molecule has 1 aliphatic heterocycles. The minimum absolute atomic E-state index is 0.00145. The first kappa shape index (κ1) is 14.8. The highest BCUT2D eigenvalue weighted by molar-refractivity contribution is 7.13. The Morgan fingerprint density at radius 1 is 1.67 bits per heavy atom. The molecule has 100 valence electrons. The third-order valence-electron chi connectivity index (χ3n) is 2.72. The fraction of sp³-hybridized carbons (Fsp3) is 0.636. The Balaban J connectivity index is 0.000000492. The molecule has 0 spiro atoms. The van der Waals surface area contributed by atoms with Gasteiger partial charge in [-0.3, -0.25) is 0 Å². The molecular weight excluding hydrogens is 259 g/mol. The number of aromatic nitrogens is 1. The standard InChI is InChI=1S/C10H15FN2OS.CO2/c1-2-8-6-15-10(12-8)13-4-7(11)3-9(13)5-14;2-1-3/h6-7,9,14H,2-5H2,1H3;/t7-,9+;/m0./s1. The predicted molar refractivity (Wildman–Crippen MR) is 64.2 cm³/mol. The van der Waals surface area contributed by atoms with Crippen LogP contribution < -0.4 is 4.90 Å². The number of halogens is 1. The SMILES string of the molecule is CCc1csc(N2C[C@@H](F)C[C@@H]2CO)n1.O=C=O. The van der Waals surface area contributed by atoms with Crippen LogP contribution in [0.4, 0.5) is 9.52 Å². The van der Waals surface area contributed by atoms with E-state index in [4.69, 9.17) is 14.7 Å². The molecule has 2 atom stereocenters. The zero-order valence-corrected chi connectivity index (χ0v) is 10.8. The largest absolute Gasteiger partial charge is 0.394 e. The molecular formula is C11H15FN2O3S. The highest BCUT2D eigenvalue weighted by Crippen LogP contribution is 2.29. The molecule has 1 aromatic rings. The Labute approximate surface area is 108 Å².